The molecular formula is C8H13N3O3. The van der Waals surface area contributed by atoms with Crippen molar-refractivity contribution < 1.29 is 14.4 Å². The molecule has 1 rings (SSSR count). The summed E-state index contributed by atoms with van der Waals surface area (Å²) in [6.07, 6.45) is 0. The number of rotatable bonds is 3. The molecule has 14 heavy (non-hydrogen) atoms. The molecule has 6 heteroatoms. The first-order valence-electron chi connectivity index (χ1n) is 4.19. The molecule has 78 valence electrons. The van der Waals surface area contributed by atoms with E-state index in [1.54, 1.807) is 6.92 Å². The number of nitrogens with one attached hydrogen (secondary N) is 1. The van der Waals surface area contributed by atoms with E-state index in [0.29, 0.717) is 11.7 Å². The van der Waals surface area contributed by atoms with Crippen LogP contribution in [-0.4, -0.2) is 26.8 Å². The summed E-state index contributed by atoms with van der Waals surface area (Å²) in [5.41, 5.74) is -1.39. The minimum Gasteiger partial charge on any atom is -0.381 e. The largest absolute Gasteiger partial charge is 0.381 e. The van der Waals surface area contributed by atoms with Gasteiger partial charge in [-0.15, -0.1) is 0 Å². The van der Waals surface area contributed by atoms with E-state index in [-0.39, 0.29) is 6.54 Å². The molecule has 0 aromatic carbocycles. The standard InChI is InChI=1S/C8H13N3O3/c1-5-10-6(11-14-5)4-9-7(12)8(2,3)13/h13H,4H2,1-3H3,(H,9,12). The monoisotopic (exact) mass is 199 g/mol. The topological polar surface area (TPSA) is 88.2 Å². The Labute approximate surface area is 81.3 Å². The van der Waals surface area contributed by atoms with Crippen LogP contribution >= 0.6 is 0 Å². The van der Waals surface area contributed by atoms with Gasteiger partial charge in [-0.1, -0.05) is 5.16 Å². The SMILES string of the molecule is Cc1nc(CNC(=O)C(C)(C)O)no1. The highest BCUT2D eigenvalue weighted by Crippen LogP contribution is 2.01. The summed E-state index contributed by atoms with van der Waals surface area (Å²) in [5, 5.41) is 15.4. The second kappa shape index (κ2) is 3.75. The van der Waals surface area contributed by atoms with Gasteiger partial charge in [-0.3, -0.25) is 4.79 Å². The highest BCUT2D eigenvalue weighted by Gasteiger charge is 2.23. The van der Waals surface area contributed by atoms with Gasteiger partial charge in [0.1, 0.15) is 5.60 Å². The second-order valence-corrected chi connectivity index (χ2v) is 3.47. The molecule has 0 atom stereocenters. The van der Waals surface area contributed by atoms with Crippen molar-refractivity contribution in [1.29, 1.82) is 0 Å². The molecule has 2 N–H and O–H groups in total. The Morgan fingerprint density at radius 3 is 2.71 bits per heavy atom. The lowest BCUT2D eigenvalue weighted by Crippen LogP contribution is -2.41. The van der Waals surface area contributed by atoms with E-state index in [4.69, 9.17) is 4.52 Å². The third-order valence-corrected chi connectivity index (χ3v) is 1.53. The summed E-state index contributed by atoms with van der Waals surface area (Å²) < 4.78 is 4.71. The van der Waals surface area contributed by atoms with Crippen molar-refractivity contribution in [1.82, 2.24) is 15.5 Å². The first kappa shape index (κ1) is 10.6. The van der Waals surface area contributed by atoms with E-state index in [0.717, 1.165) is 0 Å². The normalized spacial score (nSPS) is 11.4. The molecular weight excluding hydrogens is 186 g/mol. The number of aromatic nitrogens is 2. The van der Waals surface area contributed by atoms with Crippen LogP contribution in [0.4, 0.5) is 0 Å². The van der Waals surface area contributed by atoms with Crippen LogP contribution in [-0.2, 0) is 11.3 Å². The first-order valence-corrected chi connectivity index (χ1v) is 4.19. The Hall–Kier alpha value is -1.43. The molecule has 0 radical (unpaired) electrons. The second-order valence-electron chi connectivity index (χ2n) is 3.47. The van der Waals surface area contributed by atoms with E-state index in [2.05, 4.69) is 15.5 Å². The molecule has 0 fully saturated rings. The van der Waals surface area contributed by atoms with Gasteiger partial charge in [-0.25, -0.2) is 0 Å². The van der Waals surface area contributed by atoms with Crippen LogP contribution in [0.25, 0.3) is 0 Å². The van der Waals surface area contributed by atoms with Crippen LogP contribution in [0, 0.1) is 6.92 Å². The quantitative estimate of drug-likeness (QED) is 0.701. The highest BCUT2D eigenvalue weighted by atomic mass is 16.5. The lowest BCUT2D eigenvalue weighted by atomic mass is 10.1. The lowest BCUT2D eigenvalue weighted by Gasteiger charge is -2.15. The first-order chi connectivity index (χ1) is 6.39. The minimum atomic E-state index is -1.39. The van der Waals surface area contributed by atoms with Crippen molar-refractivity contribution in [2.24, 2.45) is 0 Å². The molecule has 0 bridgehead atoms. The fourth-order valence-electron chi connectivity index (χ4n) is 0.789. The van der Waals surface area contributed by atoms with Gasteiger partial charge in [0.15, 0.2) is 5.82 Å². The molecule has 6 nitrogen and oxygen atoms in total. The number of carbonyl (C=O) groups is 1. The molecule has 0 aliphatic rings. The number of aliphatic hydroxyl groups is 1. The zero-order valence-electron chi connectivity index (χ0n) is 8.37. The predicted octanol–water partition coefficient (Wildman–Crippen LogP) is -0.235. The van der Waals surface area contributed by atoms with E-state index in [1.165, 1.54) is 13.8 Å². The van der Waals surface area contributed by atoms with Crippen molar-refractivity contribution in [2.45, 2.75) is 32.9 Å². The van der Waals surface area contributed by atoms with E-state index in [9.17, 15) is 9.90 Å². The van der Waals surface area contributed by atoms with Gasteiger partial charge in [0.25, 0.3) is 5.91 Å². The summed E-state index contributed by atoms with van der Waals surface area (Å²) in [7, 11) is 0. The Balaban J connectivity index is 2.46. The Bertz CT molecular complexity index is 327. The molecule has 0 spiro atoms. The number of carbonyl (C=O) groups excluding carboxylic acids is 1. The van der Waals surface area contributed by atoms with Gasteiger partial charge in [0.2, 0.25) is 5.89 Å². The summed E-state index contributed by atoms with van der Waals surface area (Å²) in [6, 6.07) is 0. The van der Waals surface area contributed by atoms with Crippen LogP contribution in [0.1, 0.15) is 25.6 Å². The molecule has 0 aliphatic heterocycles. The third kappa shape index (κ3) is 2.81. The molecule has 1 aromatic rings. The van der Waals surface area contributed by atoms with Crippen LogP contribution in [0.2, 0.25) is 0 Å². The highest BCUT2D eigenvalue weighted by molar-refractivity contribution is 5.83. The fourth-order valence-corrected chi connectivity index (χ4v) is 0.789. The van der Waals surface area contributed by atoms with Gasteiger partial charge < -0.3 is 14.9 Å². The van der Waals surface area contributed by atoms with Gasteiger partial charge >= 0.3 is 0 Å². The van der Waals surface area contributed by atoms with E-state index >= 15 is 0 Å². The number of hydrogen-bond acceptors (Lipinski definition) is 5. The van der Waals surface area contributed by atoms with Gasteiger partial charge in [-0.2, -0.15) is 4.98 Å². The molecule has 1 heterocycles. The number of nitrogens with zero attached hydrogens (tertiary/aromatic N) is 2. The molecule has 0 aliphatic carbocycles. The van der Waals surface area contributed by atoms with Crippen molar-refractivity contribution >= 4 is 5.91 Å². The smallest absolute Gasteiger partial charge is 0.251 e. The average Bonchev–Trinajstić information content (AvgIpc) is 2.45. The molecule has 0 saturated carbocycles. The van der Waals surface area contributed by atoms with Crippen LogP contribution in [0.15, 0.2) is 4.52 Å². The van der Waals surface area contributed by atoms with Gasteiger partial charge in [0.05, 0.1) is 6.54 Å². The summed E-state index contributed by atoms with van der Waals surface area (Å²) in [4.78, 5) is 15.1. The average molecular weight is 199 g/mol. The summed E-state index contributed by atoms with van der Waals surface area (Å²) >= 11 is 0. The maximum absolute atomic E-state index is 11.2. The van der Waals surface area contributed by atoms with Crippen molar-refractivity contribution in [3.8, 4) is 0 Å². The maximum atomic E-state index is 11.2. The van der Waals surface area contributed by atoms with Gasteiger partial charge in [-0.05, 0) is 13.8 Å². The third-order valence-electron chi connectivity index (χ3n) is 1.53. The van der Waals surface area contributed by atoms with Crippen LogP contribution in [0.5, 0.6) is 0 Å². The number of hydrogen-bond donors (Lipinski definition) is 2. The molecule has 1 amide bonds. The fraction of sp³-hybridized carbons (Fsp3) is 0.625. The lowest BCUT2D eigenvalue weighted by molar-refractivity contribution is -0.136. The Morgan fingerprint density at radius 2 is 2.29 bits per heavy atom. The zero-order valence-corrected chi connectivity index (χ0v) is 8.37. The Morgan fingerprint density at radius 1 is 1.64 bits per heavy atom. The van der Waals surface area contributed by atoms with Crippen molar-refractivity contribution in [3.63, 3.8) is 0 Å². The van der Waals surface area contributed by atoms with Gasteiger partial charge in [0, 0.05) is 6.92 Å². The number of amides is 1. The maximum Gasteiger partial charge on any atom is 0.251 e. The minimum absolute atomic E-state index is 0.153. The van der Waals surface area contributed by atoms with E-state index in [1.807, 2.05) is 0 Å². The zero-order chi connectivity index (χ0) is 10.8. The van der Waals surface area contributed by atoms with Crippen LogP contribution < -0.4 is 5.32 Å². The predicted molar refractivity (Wildman–Crippen MR) is 47.2 cm³/mol. The van der Waals surface area contributed by atoms with E-state index < -0.39 is 11.5 Å². The molecule has 0 saturated heterocycles. The Kier molecular flexibility index (Phi) is 2.85. The van der Waals surface area contributed by atoms with Crippen molar-refractivity contribution in [3.05, 3.63) is 11.7 Å². The van der Waals surface area contributed by atoms with Crippen LogP contribution in [0.3, 0.4) is 0 Å². The molecule has 1 aromatic heterocycles. The van der Waals surface area contributed by atoms with Crippen molar-refractivity contribution in [2.75, 3.05) is 0 Å². The summed E-state index contributed by atoms with van der Waals surface area (Å²) in [5.74, 6) is 0.359. The molecule has 0 unspecified atom stereocenters. The number of aryl methyl sites for hydroxylation is 1. The summed E-state index contributed by atoms with van der Waals surface area (Å²) in [6.45, 7) is 4.63.